The van der Waals surface area contributed by atoms with Gasteiger partial charge in [-0.05, 0) is 49.1 Å². The molecule has 1 aliphatic rings. The van der Waals surface area contributed by atoms with Gasteiger partial charge in [0.15, 0.2) is 5.13 Å². The van der Waals surface area contributed by atoms with Gasteiger partial charge in [0.1, 0.15) is 0 Å². The third-order valence-electron chi connectivity index (χ3n) is 4.25. The van der Waals surface area contributed by atoms with Gasteiger partial charge in [0.05, 0.1) is 11.3 Å². The molecule has 0 spiro atoms. The van der Waals surface area contributed by atoms with E-state index in [1.54, 1.807) is 22.7 Å². The van der Waals surface area contributed by atoms with Crippen LogP contribution in [0.15, 0.2) is 22.2 Å². The highest BCUT2D eigenvalue weighted by molar-refractivity contribution is 7.13. The highest BCUT2D eigenvalue weighted by atomic mass is 32.1. The number of aryl methyl sites for hydroxylation is 1. The van der Waals surface area contributed by atoms with Crippen molar-refractivity contribution in [2.75, 3.05) is 24.5 Å². The van der Waals surface area contributed by atoms with E-state index in [0.29, 0.717) is 12.6 Å². The van der Waals surface area contributed by atoms with Crippen molar-refractivity contribution in [1.29, 1.82) is 0 Å². The van der Waals surface area contributed by atoms with Crippen molar-refractivity contribution < 1.29 is 5.11 Å². The number of nitrogens with zero attached hydrogens (tertiary/aromatic N) is 2. The zero-order valence-electron chi connectivity index (χ0n) is 13.1. The average Bonchev–Trinajstić information content (AvgIpc) is 3.17. The van der Waals surface area contributed by atoms with Gasteiger partial charge in [0.2, 0.25) is 0 Å². The van der Waals surface area contributed by atoms with Crippen molar-refractivity contribution in [3.8, 4) is 0 Å². The number of hydrogen-bond acceptors (Lipinski definition) is 6. The van der Waals surface area contributed by atoms with E-state index < -0.39 is 5.60 Å². The molecule has 2 aromatic heterocycles. The second-order valence-electron chi connectivity index (χ2n) is 6.20. The number of thiazole rings is 1. The minimum Gasteiger partial charge on any atom is -0.384 e. The molecule has 3 rings (SSSR count). The molecule has 1 unspecified atom stereocenters. The molecular weight excluding hydrogens is 314 g/mol. The van der Waals surface area contributed by atoms with Crippen molar-refractivity contribution in [3.63, 3.8) is 0 Å². The van der Waals surface area contributed by atoms with Gasteiger partial charge in [-0.2, -0.15) is 11.3 Å². The Morgan fingerprint density at radius 2 is 2.18 bits per heavy atom. The lowest BCUT2D eigenvalue weighted by atomic mass is 9.97. The molecule has 2 aromatic rings. The maximum Gasteiger partial charge on any atom is 0.185 e. The van der Waals surface area contributed by atoms with Crippen molar-refractivity contribution in [1.82, 2.24) is 10.3 Å². The molecule has 1 saturated heterocycles. The Labute approximate surface area is 139 Å². The summed E-state index contributed by atoms with van der Waals surface area (Å²) in [6.45, 7) is 6.59. The van der Waals surface area contributed by atoms with E-state index in [4.69, 9.17) is 0 Å². The molecule has 0 amide bonds. The molecule has 4 nitrogen and oxygen atoms in total. The molecule has 1 aliphatic heterocycles. The van der Waals surface area contributed by atoms with Gasteiger partial charge < -0.3 is 15.3 Å². The Morgan fingerprint density at radius 1 is 1.41 bits per heavy atom. The van der Waals surface area contributed by atoms with E-state index in [9.17, 15) is 5.11 Å². The average molecular weight is 338 g/mol. The van der Waals surface area contributed by atoms with Crippen LogP contribution >= 0.6 is 22.7 Å². The molecule has 1 atom stereocenters. The summed E-state index contributed by atoms with van der Waals surface area (Å²) < 4.78 is 0. The predicted molar refractivity (Wildman–Crippen MR) is 94.0 cm³/mol. The molecule has 0 saturated carbocycles. The second-order valence-corrected chi connectivity index (χ2v) is 7.82. The Bertz CT molecular complexity index is 586. The lowest BCUT2D eigenvalue weighted by Crippen LogP contribution is -2.46. The van der Waals surface area contributed by atoms with Crippen LogP contribution in [0.3, 0.4) is 0 Å². The van der Waals surface area contributed by atoms with Crippen LogP contribution in [0.1, 0.15) is 31.0 Å². The maximum atomic E-state index is 10.6. The third-order valence-corrected chi connectivity index (χ3v) is 5.95. The van der Waals surface area contributed by atoms with E-state index in [0.717, 1.165) is 42.3 Å². The number of aliphatic hydroxyl groups is 1. The van der Waals surface area contributed by atoms with E-state index in [-0.39, 0.29) is 0 Å². The van der Waals surface area contributed by atoms with Gasteiger partial charge in [-0.1, -0.05) is 0 Å². The van der Waals surface area contributed by atoms with Gasteiger partial charge in [0.25, 0.3) is 0 Å². The first-order chi connectivity index (χ1) is 10.5. The molecule has 2 N–H and O–H groups in total. The summed E-state index contributed by atoms with van der Waals surface area (Å²) in [6.07, 6.45) is 2.19. The number of nitrogens with one attached hydrogen (secondary N) is 1. The number of anilines is 1. The number of piperidine rings is 1. The van der Waals surface area contributed by atoms with Gasteiger partial charge in [0, 0.05) is 31.1 Å². The van der Waals surface area contributed by atoms with Crippen LogP contribution in [0.2, 0.25) is 0 Å². The summed E-state index contributed by atoms with van der Waals surface area (Å²) in [6, 6.07) is 2.47. The zero-order valence-corrected chi connectivity index (χ0v) is 14.7. The first-order valence-electron chi connectivity index (χ1n) is 7.70. The van der Waals surface area contributed by atoms with E-state index in [1.165, 1.54) is 0 Å². The quantitative estimate of drug-likeness (QED) is 0.881. The SMILES string of the molecule is Cc1csc(N2CCC(NCC(C)(O)c3ccsc3)CC2)n1. The first-order valence-corrected chi connectivity index (χ1v) is 9.52. The fraction of sp³-hybridized carbons (Fsp3) is 0.562. The summed E-state index contributed by atoms with van der Waals surface area (Å²) in [7, 11) is 0. The van der Waals surface area contributed by atoms with E-state index in [1.807, 2.05) is 30.7 Å². The molecule has 3 heterocycles. The highest BCUT2D eigenvalue weighted by Gasteiger charge is 2.26. The zero-order chi connectivity index (χ0) is 15.6. The van der Waals surface area contributed by atoms with Crippen molar-refractivity contribution >= 4 is 27.8 Å². The molecule has 1 fully saturated rings. The summed E-state index contributed by atoms with van der Waals surface area (Å²) in [5.74, 6) is 0. The number of rotatable bonds is 5. The van der Waals surface area contributed by atoms with Crippen molar-refractivity contribution in [2.24, 2.45) is 0 Å². The van der Waals surface area contributed by atoms with Crippen LogP contribution in [0, 0.1) is 6.92 Å². The van der Waals surface area contributed by atoms with Crippen LogP contribution in [-0.2, 0) is 5.60 Å². The Kier molecular flexibility index (Phi) is 4.82. The topological polar surface area (TPSA) is 48.4 Å². The minimum absolute atomic E-state index is 0.474. The third kappa shape index (κ3) is 3.68. The molecule has 22 heavy (non-hydrogen) atoms. The lowest BCUT2D eigenvalue weighted by molar-refractivity contribution is 0.0532. The Hall–Kier alpha value is -0.950. The second kappa shape index (κ2) is 6.66. The minimum atomic E-state index is -0.788. The summed E-state index contributed by atoms with van der Waals surface area (Å²) in [5.41, 5.74) is 1.32. The highest BCUT2D eigenvalue weighted by Crippen LogP contribution is 2.25. The normalized spacial score (nSPS) is 19.3. The molecule has 120 valence electrons. The van der Waals surface area contributed by atoms with Gasteiger partial charge in [-0.15, -0.1) is 11.3 Å². The molecule has 0 bridgehead atoms. The fourth-order valence-corrected chi connectivity index (χ4v) is 4.42. The molecule has 0 aliphatic carbocycles. The standard InChI is InChI=1S/C16H23N3OS2/c1-12-9-22-15(18-12)19-6-3-14(4-7-19)17-11-16(2,20)13-5-8-21-10-13/h5,8-10,14,17,20H,3-4,6-7,11H2,1-2H3. The molecular formula is C16H23N3OS2. The predicted octanol–water partition coefficient (Wildman–Crippen LogP) is 2.98. The summed E-state index contributed by atoms with van der Waals surface area (Å²) in [4.78, 5) is 6.93. The fourth-order valence-electron chi connectivity index (χ4n) is 2.78. The Morgan fingerprint density at radius 3 is 2.77 bits per heavy atom. The van der Waals surface area contributed by atoms with Crippen LogP contribution in [0.4, 0.5) is 5.13 Å². The maximum absolute atomic E-state index is 10.6. The number of aromatic nitrogens is 1. The van der Waals surface area contributed by atoms with Gasteiger partial charge in [-0.3, -0.25) is 0 Å². The van der Waals surface area contributed by atoms with Crippen LogP contribution in [-0.4, -0.2) is 35.8 Å². The molecule has 0 aromatic carbocycles. The Balaban J connectivity index is 1.48. The first kappa shape index (κ1) is 15.9. The summed E-state index contributed by atoms with van der Waals surface area (Å²) in [5, 5.41) is 21.4. The van der Waals surface area contributed by atoms with Crippen LogP contribution in [0.5, 0.6) is 0 Å². The molecule has 6 heteroatoms. The lowest BCUT2D eigenvalue weighted by Gasteiger charge is -2.34. The van der Waals surface area contributed by atoms with Crippen molar-refractivity contribution in [2.45, 2.75) is 38.3 Å². The monoisotopic (exact) mass is 337 g/mol. The van der Waals surface area contributed by atoms with E-state index >= 15 is 0 Å². The van der Waals surface area contributed by atoms with Gasteiger partial charge in [-0.25, -0.2) is 4.98 Å². The van der Waals surface area contributed by atoms with Crippen molar-refractivity contribution in [3.05, 3.63) is 33.5 Å². The summed E-state index contributed by atoms with van der Waals surface area (Å²) >= 11 is 3.36. The van der Waals surface area contributed by atoms with Gasteiger partial charge >= 0.3 is 0 Å². The number of thiophene rings is 1. The van der Waals surface area contributed by atoms with Crippen LogP contribution in [0.25, 0.3) is 0 Å². The largest absolute Gasteiger partial charge is 0.384 e. The number of hydrogen-bond donors (Lipinski definition) is 2. The smallest absolute Gasteiger partial charge is 0.185 e. The van der Waals surface area contributed by atoms with Crippen LogP contribution < -0.4 is 10.2 Å². The van der Waals surface area contributed by atoms with E-state index in [2.05, 4.69) is 20.6 Å². The molecule has 0 radical (unpaired) electrons.